The molecule has 1 aliphatic rings. The van der Waals surface area contributed by atoms with E-state index >= 15 is 0 Å². The topological polar surface area (TPSA) is 62.1 Å². The lowest BCUT2D eigenvalue weighted by atomic mass is 10.4. The van der Waals surface area contributed by atoms with E-state index in [1.165, 1.54) is 26.2 Å². The Bertz CT molecular complexity index is 22.4. The second-order valence-electron chi connectivity index (χ2n) is 1.62. The zero-order valence-corrected chi connectivity index (χ0v) is 4.48. The van der Waals surface area contributed by atoms with Crippen molar-refractivity contribution in [3.63, 3.8) is 0 Å². The lowest BCUT2D eigenvalue weighted by molar-refractivity contribution is -0.657. The summed E-state index contributed by atoms with van der Waals surface area (Å²) in [6.45, 7) is 4.92. The van der Waals surface area contributed by atoms with E-state index in [0.29, 0.717) is 0 Å². The van der Waals surface area contributed by atoms with E-state index in [9.17, 15) is 0 Å². The van der Waals surface area contributed by atoms with Gasteiger partial charge in [-0.2, -0.15) is 0 Å². The maximum absolute atomic E-state index is 3.25. The maximum Gasteiger partial charge on any atom is 0.0882 e. The molecule has 1 aliphatic heterocycles. The first-order valence-electron chi connectivity index (χ1n) is 2.52. The van der Waals surface area contributed by atoms with Gasteiger partial charge in [0.05, 0.1) is 13.1 Å². The molecule has 0 aromatic heterocycles. The van der Waals surface area contributed by atoms with Gasteiger partial charge in [0.15, 0.2) is 0 Å². The molecule has 1 rings (SSSR count). The molecule has 0 bridgehead atoms. The van der Waals surface area contributed by atoms with E-state index < -0.39 is 0 Å². The van der Waals surface area contributed by atoms with Gasteiger partial charge in [0.1, 0.15) is 0 Å². The quantitative estimate of drug-likeness (QED) is 0.400. The van der Waals surface area contributed by atoms with Crippen LogP contribution >= 0.6 is 0 Å². The highest BCUT2D eigenvalue weighted by Crippen LogP contribution is 1.54. The summed E-state index contributed by atoms with van der Waals surface area (Å²) in [6, 6.07) is 0. The molecule has 3 heteroatoms. The Morgan fingerprint density at radius 3 is 1.86 bits per heavy atom. The van der Waals surface area contributed by atoms with Crippen molar-refractivity contribution in [1.82, 2.24) is 5.32 Å². The van der Waals surface area contributed by atoms with Crippen LogP contribution in [-0.4, -0.2) is 26.2 Å². The number of nitrogens with two attached hydrogens (primary N) is 2. The van der Waals surface area contributed by atoms with Crippen molar-refractivity contribution >= 4 is 0 Å². The van der Waals surface area contributed by atoms with Crippen LogP contribution in [-0.2, 0) is 0 Å². The molecule has 0 aromatic carbocycles. The minimum absolute atomic E-state index is 0. The molecule has 3 nitrogen and oxygen atoms in total. The van der Waals surface area contributed by atoms with Crippen molar-refractivity contribution in [1.29, 1.82) is 0 Å². The van der Waals surface area contributed by atoms with E-state index in [0.717, 1.165) is 0 Å². The Kier molecular flexibility index (Phi) is 3.98. The SMILES string of the molecule is C1C[NH2+]CCN1.[NH2-]. The fourth-order valence-electron chi connectivity index (χ4n) is 0.678. The number of rotatable bonds is 0. The molecule has 0 unspecified atom stereocenters. The van der Waals surface area contributed by atoms with Crippen LogP contribution in [0.3, 0.4) is 0 Å². The summed E-state index contributed by atoms with van der Waals surface area (Å²) in [4.78, 5) is 0. The third-order valence-electron chi connectivity index (χ3n) is 1.05. The van der Waals surface area contributed by atoms with Crippen LogP contribution in [0, 0.1) is 0 Å². The Morgan fingerprint density at radius 2 is 1.71 bits per heavy atom. The van der Waals surface area contributed by atoms with E-state index in [-0.39, 0.29) is 6.15 Å². The predicted molar refractivity (Wildman–Crippen MR) is 29.8 cm³/mol. The summed E-state index contributed by atoms with van der Waals surface area (Å²) >= 11 is 0. The molecular formula is C4H13N3. The average molecular weight is 103 g/mol. The van der Waals surface area contributed by atoms with Gasteiger partial charge in [0, 0.05) is 13.1 Å². The number of quaternary nitrogens is 1. The minimum Gasteiger partial charge on any atom is -0.693 e. The normalized spacial score (nSPS) is 20.6. The number of hydrogen-bond donors (Lipinski definition) is 2. The third kappa shape index (κ3) is 2.56. The highest BCUT2D eigenvalue weighted by atomic mass is 15.0. The molecule has 1 fully saturated rings. The van der Waals surface area contributed by atoms with E-state index in [1.807, 2.05) is 0 Å². The lowest BCUT2D eigenvalue weighted by Crippen LogP contribution is -2.89. The van der Waals surface area contributed by atoms with Gasteiger partial charge >= 0.3 is 0 Å². The monoisotopic (exact) mass is 103 g/mol. The van der Waals surface area contributed by atoms with Crippen LogP contribution in [0.4, 0.5) is 0 Å². The van der Waals surface area contributed by atoms with Crippen LogP contribution < -0.4 is 10.6 Å². The second-order valence-corrected chi connectivity index (χ2v) is 1.62. The summed E-state index contributed by atoms with van der Waals surface area (Å²) in [7, 11) is 0. The van der Waals surface area contributed by atoms with Crippen molar-refractivity contribution in [2.45, 2.75) is 0 Å². The first-order chi connectivity index (χ1) is 3.00. The molecule has 0 amide bonds. The maximum atomic E-state index is 3.25. The minimum atomic E-state index is 0. The molecule has 0 saturated carbocycles. The van der Waals surface area contributed by atoms with Gasteiger partial charge in [-0.15, -0.1) is 0 Å². The second kappa shape index (κ2) is 4.05. The summed E-state index contributed by atoms with van der Waals surface area (Å²) in [5.41, 5.74) is 0. The summed E-state index contributed by atoms with van der Waals surface area (Å²) in [5, 5.41) is 5.58. The molecular weight excluding hydrogens is 90.1 g/mol. The Hall–Kier alpha value is -0.120. The standard InChI is InChI=1S/C4H10N2.H2N/c1-2-6-4-3-5-1;/h5-6H,1-4H2;1H2/q;-1/p+1. The van der Waals surface area contributed by atoms with Gasteiger partial charge in [-0.1, -0.05) is 0 Å². The highest BCUT2D eigenvalue weighted by molar-refractivity contribution is 4.44. The van der Waals surface area contributed by atoms with E-state index in [2.05, 4.69) is 10.6 Å². The first-order valence-corrected chi connectivity index (χ1v) is 2.52. The van der Waals surface area contributed by atoms with Crippen molar-refractivity contribution in [3.05, 3.63) is 6.15 Å². The number of piperazine rings is 1. The van der Waals surface area contributed by atoms with Crippen LogP contribution in [0.2, 0.25) is 0 Å². The van der Waals surface area contributed by atoms with Crippen molar-refractivity contribution in [3.8, 4) is 0 Å². The molecule has 0 aliphatic carbocycles. The molecule has 7 heavy (non-hydrogen) atoms. The summed E-state index contributed by atoms with van der Waals surface area (Å²) in [5.74, 6) is 0. The molecule has 1 saturated heterocycles. The number of nitrogens with one attached hydrogen (secondary N) is 1. The molecule has 1 heterocycles. The Balaban J connectivity index is 0.000000360. The van der Waals surface area contributed by atoms with Crippen molar-refractivity contribution < 1.29 is 5.32 Å². The van der Waals surface area contributed by atoms with E-state index in [4.69, 9.17) is 0 Å². The molecule has 0 spiro atoms. The smallest absolute Gasteiger partial charge is 0.0882 e. The summed E-state index contributed by atoms with van der Waals surface area (Å²) < 4.78 is 0. The van der Waals surface area contributed by atoms with Gasteiger partial charge in [0.25, 0.3) is 0 Å². The van der Waals surface area contributed by atoms with Crippen molar-refractivity contribution in [2.24, 2.45) is 0 Å². The van der Waals surface area contributed by atoms with Gasteiger partial charge in [0.2, 0.25) is 0 Å². The van der Waals surface area contributed by atoms with Gasteiger partial charge in [-0.05, 0) is 0 Å². The predicted octanol–water partition coefficient (Wildman–Crippen LogP) is -1.13. The highest BCUT2D eigenvalue weighted by Gasteiger charge is 1.95. The molecule has 5 N–H and O–H groups in total. The van der Waals surface area contributed by atoms with Gasteiger partial charge in [-0.25, -0.2) is 0 Å². The molecule has 0 radical (unpaired) electrons. The largest absolute Gasteiger partial charge is 0.693 e. The Labute approximate surface area is 44.1 Å². The molecule has 0 atom stereocenters. The van der Waals surface area contributed by atoms with Gasteiger partial charge in [-0.3, -0.25) is 0 Å². The zero-order chi connectivity index (χ0) is 4.24. The zero-order valence-electron chi connectivity index (χ0n) is 4.48. The van der Waals surface area contributed by atoms with Crippen LogP contribution in [0.15, 0.2) is 0 Å². The number of hydrogen-bond acceptors (Lipinski definition) is 1. The lowest BCUT2D eigenvalue weighted by Gasteiger charge is -2.07. The molecule has 0 aromatic rings. The fraction of sp³-hybridized carbons (Fsp3) is 1.00. The summed E-state index contributed by atoms with van der Waals surface area (Å²) in [6.07, 6.45) is 0. The van der Waals surface area contributed by atoms with Crippen LogP contribution in [0.1, 0.15) is 0 Å². The van der Waals surface area contributed by atoms with Crippen LogP contribution in [0.25, 0.3) is 6.15 Å². The molecule has 44 valence electrons. The van der Waals surface area contributed by atoms with Crippen LogP contribution in [0.5, 0.6) is 0 Å². The fourth-order valence-corrected chi connectivity index (χ4v) is 0.678. The Morgan fingerprint density at radius 1 is 1.14 bits per heavy atom. The van der Waals surface area contributed by atoms with E-state index in [1.54, 1.807) is 0 Å². The van der Waals surface area contributed by atoms with Crippen molar-refractivity contribution in [2.75, 3.05) is 26.2 Å². The third-order valence-corrected chi connectivity index (χ3v) is 1.05. The average Bonchev–Trinajstić information content (AvgIpc) is 1.72. The van der Waals surface area contributed by atoms with Gasteiger partial charge < -0.3 is 16.8 Å². The first kappa shape index (κ1) is 6.88.